The van der Waals surface area contributed by atoms with Crippen LogP contribution in [0.5, 0.6) is 5.75 Å². The summed E-state index contributed by atoms with van der Waals surface area (Å²) in [5.41, 5.74) is 4.06. The van der Waals surface area contributed by atoms with Crippen molar-refractivity contribution in [2.75, 3.05) is 25.0 Å². The second kappa shape index (κ2) is 11.1. The van der Waals surface area contributed by atoms with Crippen molar-refractivity contribution < 1.29 is 23.8 Å². The number of aryl methyl sites for hydroxylation is 1. The highest BCUT2D eigenvalue weighted by Gasteiger charge is 2.27. The molecule has 9 nitrogen and oxygen atoms in total. The molecule has 3 aromatic rings. The predicted octanol–water partition coefficient (Wildman–Crippen LogP) is 4.15. The summed E-state index contributed by atoms with van der Waals surface area (Å²) in [6.07, 6.45) is 2.04. The molecule has 1 saturated heterocycles. The molecular formula is C26H30N4O5. The van der Waals surface area contributed by atoms with Gasteiger partial charge < -0.3 is 19.1 Å². The lowest BCUT2D eigenvalue weighted by atomic mass is 10.1. The van der Waals surface area contributed by atoms with Crippen molar-refractivity contribution in [3.8, 4) is 16.9 Å². The fraction of sp³-hybridized carbons (Fsp3) is 0.346. The number of hydrogen-bond acceptors (Lipinski definition) is 6. The van der Waals surface area contributed by atoms with Gasteiger partial charge in [-0.2, -0.15) is 5.10 Å². The Kier molecular flexibility index (Phi) is 7.67. The maximum atomic E-state index is 13.0. The Morgan fingerprint density at radius 3 is 2.86 bits per heavy atom. The topological polar surface area (TPSA) is 106 Å². The van der Waals surface area contributed by atoms with E-state index in [2.05, 4.69) is 15.5 Å². The number of H-pyrrole nitrogens is 1. The quantitative estimate of drug-likeness (QED) is 0.529. The average molecular weight is 479 g/mol. The summed E-state index contributed by atoms with van der Waals surface area (Å²) in [6.45, 7) is 7.28. The number of nitrogens with one attached hydrogen (secondary N) is 2. The molecular weight excluding hydrogens is 448 g/mol. The molecule has 0 radical (unpaired) electrons. The van der Waals surface area contributed by atoms with Crippen LogP contribution in [0.3, 0.4) is 0 Å². The minimum absolute atomic E-state index is 0.0234. The summed E-state index contributed by atoms with van der Waals surface area (Å²) < 4.78 is 17.0. The van der Waals surface area contributed by atoms with Crippen molar-refractivity contribution >= 4 is 17.7 Å². The molecule has 1 aromatic heterocycles. The first-order valence-corrected chi connectivity index (χ1v) is 11.6. The van der Waals surface area contributed by atoms with Crippen LogP contribution in [0, 0.1) is 6.92 Å². The lowest BCUT2D eigenvalue weighted by molar-refractivity contribution is -0.144. The van der Waals surface area contributed by atoms with Crippen molar-refractivity contribution in [2.24, 2.45) is 0 Å². The van der Waals surface area contributed by atoms with Crippen molar-refractivity contribution in [1.29, 1.82) is 0 Å². The van der Waals surface area contributed by atoms with Crippen molar-refractivity contribution in [3.05, 3.63) is 66.0 Å². The molecule has 1 aliphatic heterocycles. The van der Waals surface area contributed by atoms with Gasteiger partial charge in [-0.05, 0) is 44.0 Å². The van der Waals surface area contributed by atoms with Crippen LogP contribution in [0.15, 0.2) is 54.9 Å². The van der Waals surface area contributed by atoms with Crippen LogP contribution in [0.25, 0.3) is 11.1 Å². The second-order valence-corrected chi connectivity index (χ2v) is 8.61. The number of amides is 2. The van der Waals surface area contributed by atoms with Crippen LogP contribution in [0.2, 0.25) is 0 Å². The van der Waals surface area contributed by atoms with E-state index in [1.54, 1.807) is 36.4 Å². The third kappa shape index (κ3) is 6.39. The van der Waals surface area contributed by atoms with Crippen LogP contribution in [-0.2, 0) is 20.9 Å². The van der Waals surface area contributed by atoms with Crippen LogP contribution >= 0.6 is 0 Å². The van der Waals surface area contributed by atoms with E-state index in [1.807, 2.05) is 44.2 Å². The summed E-state index contributed by atoms with van der Waals surface area (Å²) in [5, 5.41) is 9.52. The Morgan fingerprint density at radius 2 is 2.11 bits per heavy atom. The minimum atomic E-state index is -0.760. The average Bonchev–Trinajstić information content (AvgIpc) is 3.38. The molecule has 35 heavy (non-hydrogen) atoms. The first kappa shape index (κ1) is 24.3. The first-order chi connectivity index (χ1) is 16.9. The maximum Gasteiger partial charge on any atom is 0.412 e. The molecule has 184 valence electrons. The molecule has 2 atom stereocenters. The van der Waals surface area contributed by atoms with E-state index in [1.165, 1.54) is 0 Å². The number of ether oxygens (including phenoxy) is 3. The van der Waals surface area contributed by atoms with Crippen LogP contribution < -0.4 is 10.1 Å². The standard InChI is InChI=1S/C26H30N4O5/c1-17-5-4-6-20(11-17)16-34-26(32)29-23-8-7-21(22-13-27-28-14-22)12-24(23)35-19(3)25(31)30-9-10-33-18(2)15-30/h4-8,11-14,18-19H,9-10,15-16H2,1-3H3,(H,27,28)(H,29,32). The Balaban J connectivity index is 1.49. The monoisotopic (exact) mass is 478 g/mol. The van der Waals surface area contributed by atoms with Gasteiger partial charge in [-0.3, -0.25) is 15.2 Å². The van der Waals surface area contributed by atoms with Gasteiger partial charge in [0.1, 0.15) is 12.4 Å². The maximum absolute atomic E-state index is 13.0. The van der Waals surface area contributed by atoms with Crippen molar-refractivity contribution in [2.45, 2.75) is 39.6 Å². The first-order valence-electron chi connectivity index (χ1n) is 11.6. The molecule has 2 unspecified atom stereocenters. The molecule has 2 heterocycles. The summed E-state index contributed by atoms with van der Waals surface area (Å²) in [7, 11) is 0. The fourth-order valence-electron chi connectivity index (χ4n) is 3.92. The molecule has 9 heteroatoms. The highest BCUT2D eigenvalue weighted by atomic mass is 16.5. The van der Waals surface area contributed by atoms with E-state index in [0.717, 1.165) is 22.3 Å². The summed E-state index contributed by atoms with van der Waals surface area (Å²) in [5.74, 6) is 0.222. The number of morpholine rings is 1. The van der Waals surface area contributed by atoms with Gasteiger partial charge >= 0.3 is 6.09 Å². The zero-order valence-corrected chi connectivity index (χ0v) is 20.1. The summed E-state index contributed by atoms with van der Waals surface area (Å²) in [6, 6.07) is 13.1. The normalized spacial score (nSPS) is 16.4. The SMILES string of the molecule is Cc1cccc(COC(=O)Nc2ccc(-c3cn[nH]c3)cc2OC(C)C(=O)N2CCOC(C)C2)c1. The molecule has 2 aromatic carbocycles. The lowest BCUT2D eigenvalue weighted by Gasteiger charge is -2.33. The Labute approximate surface area is 204 Å². The van der Waals surface area contributed by atoms with E-state index in [9.17, 15) is 9.59 Å². The van der Waals surface area contributed by atoms with E-state index in [4.69, 9.17) is 14.2 Å². The van der Waals surface area contributed by atoms with Crippen molar-refractivity contribution in [3.63, 3.8) is 0 Å². The number of aromatic nitrogens is 2. The number of benzene rings is 2. The van der Waals surface area contributed by atoms with E-state index < -0.39 is 12.2 Å². The predicted molar refractivity (Wildman–Crippen MR) is 131 cm³/mol. The smallest absolute Gasteiger partial charge is 0.412 e. The van der Waals surface area contributed by atoms with Gasteiger partial charge in [-0.15, -0.1) is 0 Å². The molecule has 0 bridgehead atoms. The highest BCUT2D eigenvalue weighted by molar-refractivity contribution is 5.88. The van der Waals surface area contributed by atoms with Gasteiger partial charge in [0.15, 0.2) is 6.10 Å². The summed E-state index contributed by atoms with van der Waals surface area (Å²) >= 11 is 0. The number of nitrogens with zero attached hydrogens (tertiary/aromatic N) is 2. The lowest BCUT2D eigenvalue weighted by Crippen LogP contribution is -2.49. The minimum Gasteiger partial charge on any atom is -0.479 e. The molecule has 1 fully saturated rings. The second-order valence-electron chi connectivity index (χ2n) is 8.61. The number of carbonyl (C=O) groups is 2. The molecule has 2 N–H and O–H groups in total. The zero-order chi connectivity index (χ0) is 24.8. The molecule has 0 saturated carbocycles. The molecule has 4 rings (SSSR count). The molecule has 0 aliphatic carbocycles. The van der Waals surface area contributed by atoms with Gasteiger partial charge in [0.25, 0.3) is 5.91 Å². The number of rotatable bonds is 7. The molecule has 0 spiro atoms. The largest absolute Gasteiger partial charge is 0.479 e. The molecule has 2 amide bonds. The van der Waals surface area contributed by atoms with Crippen LogP contribution in [0.4, 0.5) is 10.5 Å². The highest BCUT2D eigenvalue weighted by Crippen LogP contribution is 2.32. The number of hydrogen-bond donors (Lipinski definition) is 2. The Hall–Kier alpha value is -3.85. The zero-order valence-electron chi connectivity index (χ0n) is 20.1. The third-order valence-corrected chi connectivity index (χ3v) is 5.71. The third-order valence-electron chi connectivity index (χ3n) is 5.71. The van der Waals surface area contributed by atoms with E-state index in [0.29, 0.717) is 31.1 Å². The Bertz CT molecular complexity index is 1160. The van der Waals surface area contributed by atoms with Gasteiger partial charge in [0.2, 0.25) is 0 Å². The van der Waals surface area contributed by atoms with E-state index in [-0.39, 0.29) is 18.6 Å². The van der Waals surface area contributed by atoms with E-state index >= 15 is 0 Å². The Morgan fingerprint density at radius 1 is 1.26 bits per heavy atom. The van der Waals surface area contributed by atoms with Gasteiger partial charge in [0, 0.05) is 24.8 Å². The summed E-state index contributed by atoms with van der Waals surface area (Å²) in [4.78, 5) is 27.3. The van der Waals surface area contributed by atoms with Crippen molar-refractivity contribution in [1.82, 2.24) is 15.1 Å². The fourth-order valence-corrected chi connectivity index (χ4v) is 3.92. The number of carbonyl (C=O) groups excluding carboxylic acids is 2. The van der Waals surface area contributed by atoms with Gasteiger partial charge in [0.05, 0.1) is 24.6 Å². The number of aromatic amines is 1. The van der Waals surface area contributed by atoms with Gasteiger partial charge in [-0.1, -0.05) is 35.9 Å². The van der Waals surface area contributed by atoms with Gasteiger partial charge in [-0.25, -0.2) is 4.79 Å². The molecule has 1 aliphatic rings. The van der Waals surface area contributed by atoms with Crippen LogP contribution in [0.1, 0.15) is 25.0 Å². The number of anilines is 1. The van der Waals surface area contributed by atoms with Crippen LogP contribution in [-0.4, -0.2) is 59.0 Å².